The van der Waals surface area contributed by atoms with Gasteiger partial charge < -0.3 is 15.8 Å². The monoisotopic (exact) mass is 285 g/mol. The number of aromatic nitrogens is 1. The van der Waals surface area contributed by atoms with Gasteiger partial charge in [0.25, 0.3) is 5.91 Å². The molecule has 0 saturated heterocycles. The molecular formula is C15H15N3O3. The van der Waals surface area contributed by atoms with Crippen molar-refractivity contribution in [3.05, 3.63) is 53.7 Å². The molecule has 6 nitrogen and oxygen atoms in total. The minimum absolute atomic E-state index is 0.165. The van der Waals surface area contributed by atoms with E-state index in [1.54, 1.807) is 43.3 Å². The molecule has 0 aliphatic carbocycles. The molecule has 0 fully saturated rings. The normalized spacial score (nSPS) is 9.95. The quantitative estimate of drug-likeness (QED) is 0.839. The smallest absolute Gasteiger partial charge is 0.338 e. The van der Waals surface area contributed by atoms with Gasteiger partial charge in [-0.05, 0) is 43.3 Å². The van der Waals surface area contributed by atoms with Crippen LogP contribution < -0.4 is 11.1 Å². The molecule has 1 aromatic heterocycles. The number of carbonyl (C=O) groups excluding carboxylic acids is 2. The van der Waals surface area contributed by atoms with Crippen LogP contribution in [0.15, 0.2) is 42.6 Å². The average Bonchev–Trinajstić information content (AvgIpc) is 2.48. The highest BCUT2D eigenvalue weighted by Crippen LogP contribution is 2.14. The maximum Gasteiger partial charge on any atom is 0.338 e. The largest absolute Gasteiger partial charge is 0.462 e. The number of benzene rings is 1. The molecule has 108 valence electrons. The number of nitrogens with two attached hydrogens (primary N) is 1. The Hall–Kier alpha value is -2.89. The number of carbonyl (C=O) groups is 2. The highest BCUT2D eigenvalue weighted by molar-refractivity contribution is 6.07. The number of ether oxygens (including phenoxy) is 1. The van der Waals surface area contributed by atoms with Crippen LogP contribution in [-0.2, 0) is 4.74 Å². The molecule has 0 saturated carbocycles. The predicted molar refractivity (Wildman–Crippen MR) is 79.0 cm³/mol. The Morgan fingerprint density at radius 3 is 2.57 bits per heavy atom. The van der Waals surface area contributed by atoms with Crippen molar-refractivity contribution in [3.63, 3.8) is 0 Å². The van der Waals surface area contributed by atoms with Crippen molar-refractivity contribution in [1.29, 1.82) is 0 Å². The third-order valence-electron chi connectivity index (χ3n) is 2.74. The molecule has 0 bridgehead atoms. The molecule has 0 unspecified atom stereocenters. The molecule has 21 heavy (non-hydrogen) atoms. The van der Waals surface area contributed by atoms with Gasteiger partial charge in [-0.3, -0.25) is 4.79 Å². The number of rotatable bonds is 4. The fourth-order valence-corrected chi connectivity index (χ4v) is 1.71. The number of esters is 1. The third kappa shape index (κ3) is 3.56. The Morgan fingerprint density at radius 1 is 1.24 bits per heavy atom. The van der Waals surface area contributed by atoms with Crippen LogP contribution in [0.25, 0.3) is 0 Å². The lowest BCUT2D eigenvalue weighted by atomic mass is 10.2. The number of anilines is 2. The molecule has 1 heterocycles. The molecule has 0 aliphatic rings. The van der Waals surface area contributed by atoms with Gasteiger partial charge in [-0.1, -0.05) is 0 Å². The zero-order valence-corrected chi connectivity index (χ0v) is 11.5. The Labute approximate surface area is 121 Å². The lowest BCUT2D eigenvalue weighted by Crippen LogP contribution is -2.14. The van der Waals surface area contributed by atoms with E-state index in [1.807, 2.05) is 0 Å². The van der Waals surface area contributed by atoms with Crippen molar-refractivity contribution in [2.24, 2.45) is 0 Å². The summed E-state index contributed by atoms with van der Waals surface area (Å²) in [5, 5.41) is 2.69. The summed E-state index contributed by atoms with van der Waals surface area (Å²) < 4.78 is 4.88. The fraction of sp³-hybridized carbons (Fsp3) is 0.133. The van der Waals surface area contributed by atoms with Gasteiger partial charge in [0.15, 0.2) is 0 Å². The minimum Gasteiger partial charge on any atom is -0.462 e. The van der Waals surface area contributed by atoms with Crippen LogP contribution in [0.4, 0.5) is 11.5 Å². The maximum absolute atomic E-state index is 12.0. The molecule has 2 rings (SSSR count). The van der Waals surface area contributed by atoms with Gasteiger partial charge in [-0.2, -0.15) is 0 Å². The molecule has 1 amide bonds. The van der Waals surface area contributed by atoms with Gasteiger partial charge in [0.05, 0.1) is 17.7 Å². The number of nitrogens with zero attached hydrogens (tertiary/aromatic N) is 1. The van der Waals surface area contributed by atoms with Gasteiger partial charge >= 0.3 is 5.97 Å². The highest BCUT2D eigenvalue weighted by Gasteiger charge is 2.11. The molecule has 6 heteroatoms. The number of nitrogen functional groups attached to an aromatic ring is 1. The zero-order valence-electron chi connectivity index (χ0n) is 11.5. The Bertz CT molecular complexity index is 653. The van der Waals surface area contributed by atoms with Gasteiger partial charge in [0.2, 0.25) is 0 Å². The van der Waals surface area contributed by atoms with Crippen molar-refractivity contribution in [1.82, 2.24) is 4.98 Å². The van der Waals surface area contributed by atoms with E-state index < -0.39 is 5.97 Å². The van der Waals surface area contributed by atoms with Crippen LogP contribution >= 0.6 is 0 Å². The lowest BCUT2D eigenvalue weighted by molar-refractivity contribution is 0.0526. The molecule has 3 N–H and O–H groups in total. The summed E-state index contributed by atoms with van der Waals surface area (Å²) in [6.45, 7) is 2.06. The Balaban J connectivity index is 2.09. The van der Waals surface area contributed by atoms with Crippen LogP contribution in [0.1, 0.15) is 27.6 Å². The Kier molecular flexibility index (Phi) is 4.50. The topological polar surface area (TPSA) is 94.3 Å². The predicted octanol–water partition coefficient (Wildman–Crippen LogP) is 2.09. The molecule has 1 aromatic carbocycles. The van der Waals surface area contributed by atoms with E-state index in [2.05, 4.69) is 10.3 Å². The second-order valence-electron chi connectivity index (χ2n) is 4.19. The van der Waals surface area contributed by atoms with E-state index in [1.165, 1.54) is 6.20 Å². The summed E-state index contributed by atoms with van der Waals surface area (Å²) in [4.78, 5) is 27.4. The second kappa shape index (κ2) is 6.51. The third-order valence-corrected chi connectivity index (χ3v) is 2.74. The van der Waals surface area contributed by atoms with Crippen LogP contribution in [-0.4, -0.2) is 23.5 Å². The number of pyridine rings is 1. The number of nitrogens with one attached hydrogen (secondary N) is 1. The van der Waals surface area contributed by atoms with E-state index >= 15 is 0 Å². The minimum atomic E-state index is -0.396. The van der Waals surface area contributed by atoms with E-state index in [9.17, 15) is 9.59 Å². The van der Waals surface area contributed by atoms with Crippen molar-refractivity contribution < 1.29 is 14.3 Å². The molecule has 0 spiro atoms. The summed E-state index contributed by atoms with van der Waals surface area (Å²) >= 11 is 0. The first kappa shape index (κ1) is 14.5. The van der Waals surface area contributed by atoms with Crippen molar-refractivity contribution in [2.45, 2.75) is 6.92 Å². The second-order valence-corrected chi connectivity index (χ2v) is 4.19. The van der Waals surface area contributed by atoms with Crippen LogP contribution in [0.3, 0.4) is 0 Å². The van der Waals surface area contributed by atoms with Crippen molar-refractivity contribution >= 4 is 23.4 Å². The standard InChI is InChI=1S/C15H15N3O3/c1-2-21-15(20)10-5-7-11(8-6-10)18-14(19)12-4-3-9-17-13(12)16/h3-9H,2H2,1H3,(H2,16,17)(H,18,19). The fourth-order valence-electron chi connectivity index (χ4n) is 1.71. The highest BCUT2D eigenvalue weighted by atomic mass is 16.5. The van der Waals surface area contributed by atoms with E-state index in [4.69, 9.17) is 10.5 Å². The van der Waals surface area contributed by atoms with Gasteiger partial charge in [-0.25, -0.2) is 9.78 Å². The summed E-state index contributed by atoms with van der Waals surface area (Å²) in [6.07, 6.45) is 1.51. The number of hydrogen-bond donors (Lipinski definition) is 2. The van der Waals surface area contributed by atoms with E-state index in [0.717, 1.165) is 0 Å². The van der Waals surface area contributed by atoms with Crippen LogP contribution in [0.2, 0.25) is 0 Å². The molecular weight excluding hydrogens is 270 g/mol. The number of hydrogen-bond acceptors (Lipinski definition) is 5. The first-order valence-corrected chi connectivity index (χ1v) is 6.41. The first-order valence-electron chi connectivity index (χ1n) is 6.41. The van der Waals surface area contributed by atoms with Gasteiger partial charge in [0, 0.05) is 11.9 Å². The zero-order chi connectivity index (χ0) is 15.2. The first-order chi connectivity index (χ1) is 10.1. The summed E-state index contributed by atoms with van der Waals surface area (Å²) in [7, 11) is 0. The summed E-state index contributed by atoms with van der Waals surface area (Å²) in [5.41, 5.74) is 6.92. The molecule has 0 radical (unpaired) electrons. The lowest BCUT2D eigenvalue weighted by Gasteiger charge is -2.07. The summed E-state index contributed by atoms with van der Waals surface area (Å²) in [5.74, 6) is -0.588. The molecule has 0 aliphatic heterocycles. The van der Waals surface area contributed by atoms with Crippen LogP contribution in [0, 0.1) is 0 Å². The van der Waals surface area contributed by atoms with Gasteiger partial charge in [0.1, 0.15) is 5.82 Å². The number of amides is 1. The summed E-state index contributed by atoms with van der Waals surface area (Å²) in [6, 6.07) is 9.63. The van der Waals surface area contributed by atoms with Crippen molar-refractivity contribution in [2.75, 3.05) is 17.7 Å². The Morgan fingerprint density at radius 2 is 1.95 bits per heavy atom. The van der Waals surface area contributed by atoms with E-state index in [0.29, 0.717) is 23.4 Å². The molecule has 2 aromatic rings. The van der Waals surface area contributed by atoms with Gasteiger partial charge in [-0.15, -0.1) is 0 Å². The van der Waals surface area contributed by atoms with E-state index in [-0.39, 0.29) is 11.7 Å². The maximum atomic E-state index is 12.0. The SMILES string of the molecule is CCOC(=O)c1ccc(NC(=O)c2cccnc2N)cc1. The average molecular weight is 285 g/mol. The van der Waals surface area contributed by atoms with Crippen molar-refractivity contribution in [3.8, 4) is 0 Å². The molecule has 0 atom stereocenters. The van der Waals surface area contributed by atoms with Crippen LogP contribution in [0.5, 0.6) is 0 Å².